The molecule has 0 saturated carbocycles. The third-order valence-electron chi connectivity index (χ3n) is 2.47. The number of nitrogens with zero attached hydrogens (tertiary/aromatic N) is 1. The molecular formula is C14H19NO4. The molecule has 0 heterocycles. The van der Waals surface area contributed by atoms with E-state index >= 15 is 0 Å². The maximum Gasteiger partial charge on any atom is 0.347 e. The highest BCUT2D eigenvalue weighted by atomic mass is 16.6. The van der Waals surface area contributed by atoms with E-state index in [2.05, 4.69) is 5.16 Å². The Morgan fingerprint density at radius 3 is 2.47 bits per heavy atom. The third-order valence-corrected chi connectivity index (χ3v) is 2.47. The largest absolute Gasteiger partial charge is 0.478 e. The Kier molecular flexibility index (Phi) is 5.85. The lowest BCUT2D eigenvalue weighted by Gasteiger charge is -2.20. The van der Waals surface area contributed by atoms with E-state index in [0.717, 1.165) is 5.56 Å². The predicted octanol–water partition coefficient (Wildman–Crippen LogP) is 2.46. The van der Waals surface area contributed by atoms with Gasteiger partial charge in [-0.1, -0.05) is 19.0 Å². The first-order chi connectivity index (χ1) is 9.08. The van der Waals surface area contributed by atoms with Gasteiger partial charge in [-0.3, -0.25) is 0 Å². The summed E-state index contributed by atoms with van der Waals surface area (Å²) in [4.78, 5) is 11.8. The van der Waals surface area contributed by atoms with Crippen molar-refractivity contribution in [3.05, 3.63) is 29.8 Å². The maximum atomic E-state index is 11.8. The van der Waals surface area contributed by atoms with E-state index in [4.69, 9.17) is 14.7 Å². The SMILES string of the molecule is CCOC(=O)[C@@H](Oc1ccc(/C=N/O)cc1)C(C)C. The van der Waals surface area contributed by atoms with E-state index in [-0.39, 0.29) is 11.9 Å². The summed E-state index contributed by atoms with van der Waals surface area (Å²) in [6.07, 6.45) is 0.687. The van der Waals surface area contributed by atoms with Crippen LogP contribution in [0.2, 0.25) is 0 Å². The van der Waals surface area contributed by atoms with Crippen molar-refractivity contribution >= 4 is 12.2 Å². The zero-order valence-electron chi connectivity index (χ0n) is 11.4. The van der Waals surface area contributed by atoms with Crippen molar-refractivity contribution in [3.8, 4) is 5.75 Å². The second-order valence-corrected chi connectivity index (χ2v) is 4.35. The summed E-state index contributed by atoms with van der Waals surface area (Å²) in [6, 6.07) is 6.90. The third kappa shape index (κ3) is 4.62. The van der Waals surface area contributed by atoms with Crippen LogP contribution in [0.5, 0.6) is 5.75 Å². The highest BCUT2D eigenvalue weighted by Crippen LogP contribution is 2.17. The van der Waals surface area contributed by atoms with Gasteiger partial charge in [0.25, 0.3) is 0 Å². The van der Waals surface area contributed by atoms with E-state index in [1.54, 1.807) is 31.2 Å². The zero-order valence-corrected chi connectivity index (χ0v) is 11.4. The summed E-state index contributed by atoms with van der Waals surface area (Å²) >= 11 is 0. The Morgan fingerprint density at radius 2 is 2.00 bits per heavy atom. The lowest BCUT2D eigenvalue weighted by Crippen LogP contribution is -2.34. The van der Waals surface area contributed by atoms with Crippen LogP contribution in [0, 0.1) is 5.92 Å². The molecule has 0 unspecified atom stereocenters. The predicted molar refractivity (Wildman–Crippen MR) is 71.7 cm³/mol. The molecule has 0 aliphatic heterocycles. The van der Waals surface area contributed by atoms with Gasteiger partial charge in [0.1, 0.15) is 5.75 Å². The van der Waals surface area contributed by atoms with E-state index < -0.39 is 6.10 Å². The number of carbonyl (C=O) groups is 1. The van der Waals surface area contributed by atoms with Crippen LogP contribution in [0.15, 0.2) is 29.4 Å². The minimum Gasteiger partial charge on any atom is -0.478 e. The van der Waals surface area contributed by atoms with Crippen molar-refractivity contribution < 1.29 is 19.5 Å². The number of esters is 1. The Labute approximate surface area is 112 Å². The van der Waals surface area contributed by atoms with Gasteiger partial charge in [-0.15, -0.1) is 0 Å². The summed E-state index contributed by atoms with van der Waals surface area (Å²) < 4.78 is 10.6. The summed E-state index contributed by atoms with van der Waals surface area (Å²) in [5, 5.41) is 11.4. The van der Waals surface area contributed by atoms with Crippen LogP contribution in [0.3, 0.4) is 0 Å². The van der Waals surface area contributed by atoms with Crippen LogP contribution >= 0.6 is 0 Å². The normalized spacial score (nSPS) is 12.6. The van der Waals surface area contributed by atoms with Crippen molar-refractivity contribution in [3.63, 3.8) is 0 Å². The van der Waals surface area contributed by atoms with Crippen LogP contribution in [0.4, 0.5) is 0 Å². The standard InChI is InChI=1S/C14H19NO4/c1-4-18-14(16)13(10(2)3)19-12-7-5-11(6-8-12)9-15-17/h5-10,13,17H,4H2,1-3H3/b15-9+/t13-/m0/s1. The van der Waals surface area contributed by atoms with Crippen molar-refractivity contribution in [2.75, 3.05) is 6.61 Å². The van der Waals surface area contributed by atoms with Gasteiger partial charge in [-0.05, 0) is 36.8 Å². The topological polar surface area (TPSA) is 68.1 Å². The fraction of sp³-hybridized carbons (Fsp3) is 0.429. The van der Waals surface area contributed by atoms with E-state index in [0.29, 0.717) is 12.4 Å². The van der Waals surface area contributed by atoms with Crippen molar-refractivity contribution in [2.24, 2.45) is 11.1 Å². The van der Waals surface area contributed by atoms with E-state index in [1.807, 2.05) is 13.8 Å². The molecule has 0 aliphatic carbocycles. The van der Waals surface area contributed by atoms with Crippen LogP contribution in [-0.4, -0.2) is 30.1 Å². The highest BCUT2D eigenvalue weighted by molar-refractivity contribution is 5.79. The first-order valence-electron chi connectivity index (χ1n) is 6.19. The van der Waals surface area contributed by atoms with E-state index in [1.165, 1.54) is 6.21 Å². The van der Waals surface area contributed by atoms with Gasteiger partial charge in [0.2, 0.25) is 0 Å². The smallest absolute Gasteiger partial charge is 0.347 e. The molecule has 0 amide bonds. The van der Waals surface area contributed by atoms with Gasteiger partial charge < -0.3 is 14.7 Å². The first kappa shape index (κ1) is 15.0. The fourth-order valence-corrected chi connectivity index (χ4v) is 1.53. The van der Waals surface area contributed by atoms with Gasteiger partial charge in [-0.2, -0.15) is 0 Å². The van der Waals surface area contributed by atoms with E-state index in [9.17, 15) is 4.79 Å². The Bertz CT molecular complexity index is 426. The Morgan fingerprint density at radius 1 is 1.37 bits per heavy atom. The molecule has 0 aromatic heterocycles. The minimum absolute atomic E-state index is 0.0118. The summed E-state index contributed by atoms with van der Waals surface area (Å²) in [5.74, 6) is 0.220. The van der Waals surface area contributed by atoms with Crippen LogP contribution in [0.1, 0.15) is 26.3 Å². The zero-order chi connectivity index (χ0) is 14.3. The molecule has 19 heavy (non-hydrogen) atoms. The molecule has 0 saturated heterocycles. The molecule has 0 spiro atoms. The average Bonchev–Trinajstić information content (AvgIpc) is 2.38. The molecule has 5 heteroatoms. The molecule has 0 fully saturated rings. The lowest BCUT2D eigenvalue weighted by atomic mass is 10.1. The van der Waals surface area contributed by atoms with Crippen molar-refractivity contribution in [1.29, 1.82) is 0 Å². The number of ether oxygens (including phenoxy) is 2. The molecule has 1 atom stereocenters. The Hall–Kier alpha value is -2.04. The first-order valence-corrected chi connectivity index (χ1v) is 6.19. The molecule has 104 valence electrons. The molecule has 5 nitrogen and oxygen atoms in total. The summed E-state index contributed by atoms with van der Waals surface area (Å²) in [6.45, 7) is 5.89. The quantitative estimate of drug-likeness (QED) is 0.371. The lowest BCUT2D eigenvalue weighted by molar-refractivity contribution is -0.153. The number of carbonyl (C=O) groups excluding carboxylic acids is 1. The molecule has 0 aliphatic rings. The van der Waals surface area contributed by atoms with Gasteiger partial charge in [0, 0.05) is 5.92 Å². The molecule has 1 N–H and O–H groups in total. The van der Waals surface area contributed by atoms with Crippen molar-refractivity contribution in [1.82, 2.24) is 0 Å². The van der Waals surface area contributed by atoms with Gasteiger partial charge >= 0.3 is 5.97 Å². The van der Waals surface area contributed by atoms with Gasteiger partial charge in [-0.25, -0.2) is 4.79 Å². The Balaban J connectivity index is 2.76. The second kappa shape index (κ2) is 7.41. The molecule has 0 radical (unpaired) electrons. The number of hydrogen-bond acceptors (Lipinski definition) is 5. The number of benzene rings is 1. The number of oxime groups is 1. The van der Waals surface area contributed by atoms with Crippen LogP contribution < -0.4 is 4.74 Å². The molecule has 1 aromatic rings. The summed E-state index contributed by atoms with van der Waals surface area (Å²) in [7, 11) is 0. The fourth-order valence-electron chi connectivity index (χ4n) is 1.53. The number of hydrogen-bond donors (Lipinski definition) is 1. The molecule has 0 bridgehead atoms. The maximum absolute atomic E-state index is 11.8. The molecular weight excluding hydrogens is 246 g/mol. The molecule has 1 rings (SSSR count). The second-order valence-electron chi connectivity index (χ2n) is 4.35. The molecule has 1 aromatic carbocycles. The van der Waals surface area contributed by atoms with Crippen LogP contribution in [-0.2, 0) is 9.53 Å². The highest BCUT2D eigenvalue weighted by Gasteiger charge is 2.25. The minimum atomic E-state index is -0.627. The monoisotopic (exact) mass is 265 g/mol. The van der Waals surface area contributed by atoms with Gasteiger partial charge in [0.15, 0.2) is 6.10 Å². The summed E-state index contributed by atoms with van der Waals surface area (Å²) in [5.41, 5.74) is 0.743. The number of rotatable bonds is 6. The van der Waals surface area contributed by atoms with Gasteiger partial charge in [0.05, 0.1) is 12.8 Å². The van der Waals surface area contributed by atoms with Crippen molar-refractivity contribution in [2.45, 2.75) is 26.9 Å². The van der Waals surface area contributed by atoms with Crippen LogP contribution in [0.25, 0.3) is 0 Å². The average molecular weight is 265 g/mol.